The number of likely N-dealkylation sites (N-methyl/N-ethyl adjacent to an activating group) is 2. The minimum Gasteiger partial charge on any atom is -0.459 e. The van der Waals surface area contributed by atoms with E-state index in [2.05, 4.69) is 0 Å². The first-order valence-corrected chi connectivity index (χ1v) is 13.0. The largest absolute Gasteiger partial charge is 0.459 e. The van der Waals surface area contributed by atoms with Crippen molar-refractivity contribution in [2.45, 2.75) is 24.3 Å². The lowest BCUT2D eigenvalue weighted by molar-refractivity contribution is -0.151. The predicted molar refractivity (Wildman–Crippen MR) is 147 cm³/mol. The zero-order chi connectivity index (χ0) is 28.5. The highest BCUT2D eigenvalue weighted by Gasteiger charge is 2.45. The Morgan fingerprint density at radius 3 is 1.98 bits per heavy atom. The average molecular weight is 547 g/mol. The molecular formula is C31H34N2O7. The van der Waals surface area contributed by atoms with Gasteiger partial charge in [-0.3, -0.25) is 9.69 Å². The summed E-state index contributed by atoms with van der Waals surface area (Å²) in [4.78, 5) is 43.2. The molecule has 1 fully saturated rings. The van der Waals surface area contributed by atoms with Gasteiger partial charge in [-0.05, 0) is 36.9 Å². The summed E-state index contributed by atoms with van der Waals surface area (Å²) in [6.07, 6.45) is -1.55. The van der Waals surface area contributed by atoms with Gasteiger partial charge in [-0.1, -0.05) is 66.7 Å². The molecule has 4 atom stereocenters. The Kier molecular flexibility index (Phi) is 10.0. The van der Waals surface area contributed by atoms with Gasteiger partial charge in [0.2, 0.25) is 5.91 Å². The predicted octanol–water partition coefficient (Wildman–Crippen LogP) is 3.57. The first-order valence-electron chi connectivity index (χ1n) is 13.0. The Hall–Kier alpha value is -4.05. The van der Waals surface area contributed by atoms with Gasteiger partial charge in [0.15, 0.2) is 0 Å². The summed E-state index contributed by atoms with van der Waals surface area (Å²) >= 11 is 0. The summed E-state index contributed by atoms with van der Waals surface area (Å²) in [5.41, 5.74) is 1.63. The summed E-state index contributed by atoms with van der Waals surface area (Å²) in [5.74, 6) is -1.28. The number of carbonyl (C=O) groups is 3. The minimum absolute atomic E-state index is 0.108. The normalized spacial score (nSPS) is 20.4. The number of hydrogen-bond acceptors (Lipinski definition) is 8. The zero-order valence-corrected chi connectivity index (χ0v) is 22.8. The second kappa shape index (κ2) is 13.8. The van der Waals surface area contributed by atoms with Crippen LogP contribution in [0.15, 0.2) is 91.0 Å². The maximum absolute atomic E-state index is 14.0. The van der Waals surface area contributed by atoms with E-state index in [0.717, 1.165) is 5.56 Å². The summed E-state index contributed by atoms with van der Waals surface area (Å²) in [5, 5.41) is 0. The van der Waals surface area contributed by atoms with Crippen molar-refractivity contribution in [2.75, 3.05) is 41.1 Å². The molecule has 0 N–H and O–H groups in total. The van der Waals surface area contributed by atoms with Crippen LogP contribution in [-0.4, -0.2) is 87.0 Å². The Balaban J connectivity index is 1.62. The SMILES string of the molecule is COCO[C@H](COC(=O)c1ccccc1)[C@H]1C(=O)N(C)[C@H](c2ccccc2)[C@@H](OC(=O)c2ccccc2)CN1C. The number of carbonyl (C=O) groups excluding carboxylic acids is 3. The van der Waals surface area contributed by atoms with Gasteiger partial charge in [0, 0.05) is 20.7 Å². The van der Waals surface area contributed by atoms with Crippen molar-refractivity contribution < 1.29 is 33.3 Å². The van der Waals surface area contributed by atoms with E-state index in [9.17, 15) is 14.4 Å². The summed E-state index contributed by atoms with van der Waals surface area (Å²) in [6.45, 7) is -0.0715. The van der Waals surface area contributed by atoms with E-state index in [0.29, 0.717) is 11.1 Å². The summed E-state index contributed by atoms with van der Waals surface area (Å²) in [7, 11) is 4.91. The quantitative estimate of drug-likeness (QED) is 0.282. The van der Waals surface area contributed by atoms with E-state index < -0.39 is 36.2 Å². The van der Waals surface area contributed by atoms with Gasteiger partial charge in [0.1, 0.15) is 31.6 Å². The molecule has 9 nitrogen and oxygen atoms in total. The highest BCUT2D eigenvalue weighted by Crippen LogP contribution is 2.32. The molecule has 1 saturated heterocycles. The van der Waals surface area contributed by atoms with Gasteiger partial charge in [-0.2, -0.15) is 0 Å². The molecule has 9 heteroatoms. The number of amides is 1. The first-order chi connectivity index (χ1) is 19.4. The highest BCUT2D eigenvalue weighted by molar-refractivity contribution is 5.90. The first kappa shape index (κ1) is 28.9. The molecular weight excluding hydrogens is 512 g/mol. The lowest BCUT2D eigenvalue weighted by Crippen LogP contribution is -2.53. The standard InChI is InChI=1S/C31H34N2O7/c1-32-19-25(40-31(36)24-17-11-6-12-18-24)27(22-13-7-4-8-14-22)33(2)29(34)28(32)26(39-21-37-3)20-38-30(35)23-15-9-5-10-16-23/h4-18,25-28H,19-21H2,1-3H3/t25-,26+,27+,28-/m0/s1. The van der Waals surface area contributed by atoms with E-state index in [1.54, 1.807) is 78.5 Å². The van der Waals surface area contributed by atoms with Crippen LogP contribution in [0.5, 0.6) is 0 Å². The van der Waals surface area contributed by atoms with Crippen molar-refractivity contribution in [3.8, 4) is 0 Å². The summed E-state index contributed by atoms with van der Waals surface area (Å²) in [6, 6.07) is 25.4. The molecule has 0 aromatic heterocycles. The maximum Gasteiger partial charge on any atom is 0.338 e. The fourth-order valence-electron chi connectivity index (χ4n) is 4.89. The number of ether oxygens (including phenoxy) is 4. The van der Waals surface area contributed by atoms with E-state index in [4.69, 9.17) is 18.9 Å². The Morgan fingerprint density at radius 2 is 1.40 bits per heavy atom. The van der Waals surface area contributed by atoms with Crippen molar-refractivity contribution in [3.63, 3.8) is 0 Å². The van der Waals surface area contributed by atoms with Gasteiger partial charge in [0.25, 0.3) is 0 Å². The number of hydrogen-bond donors (Lipinski definition) is 0. The molecule has 1 amide bonds. The number of esters is 2. The minimum atomic E-state index is -0.854. The van der Waals surface area contributed by atoms with Gasteiger partial charge in [0.05, 0.1) is 17.2 Å². The van der Waals surface area contributed by atoms with Gasteiger partial charge in [-0.25, -0.2) is 9.59 Å². The van der Waals surface area contributed by atoms with E-state index in [1.807, 2.05) is 36.4 Å². The van der Waals surface area contributed by atoms with Crippen molar-refractivity contribution in [3.05, 3.63) is 108 Å². The molecule has 0 aliphatic carbocycles. The van der Waals surface area contributed by atoms with Gasteiger partial charge in [-0.15, -0.1) is 0 Å². The van der Waals surface area contributed by atoms with Crippen LogP contribution in [-0.2, 0) is 23.7 Å². The summed E-state index contributed by atoms with van der Waals surface area (Å²) < 4.78 is 22.6. The fraction of sp³-hybridized carbons (Fsp3) is 0.323. The van der Waals surface area contributed by atoms with Crippen LogP contribution in [0.3, 0.4) is 0 Å². The molecule has 0 unspecified atom stereocenters. The molecule has 0 saturated carbocycles. The Morgan fingerprint density at radius 1 is 0.850 bits per heavy atom. The van der Waals surface area contributed by atoms with Crippen LogP contribution in [0.1, 0.15) is 32.3 Å². The number of rotatable bonds is 10. The topological polar surface area (TPSA) is 94.6 Å². The third kappa shape index (κ3) is 6.93. The number of benzene rings is 3. The van der Waals surface area contributed by atoms with Crippen molar-refractivity contribution in [1.29, 1.82) is 0 Å². The number of nitrogens with zero attached hydrogens (tertiary/aromatic N) is 2. The maximum atomic E-state index is 14.0. The molecule has 210 valence electrons. The third-order valence-electron chi connectivity index (χ3n) is 6.86. The van der Waals surface area contributed by atoms with Crippen LogP contribution in [0.25, 0.3) is 0 Å². The Labute approximate surface area is 234 Å². The van der Waals surface area contributed by atoms with Crippen LogP contribution in [0, 0.1) is 0 Å². The molecule has 1 aliphatic rings. The van der Waals surface area contributed by atoms with Gasteiger partial charge >= 0.3 is 11.9 Å². The monoisotopic (exact) mass is 546 g/mol. The molecule has 0 radical (unpaired) electrons. The highest BCUT2D eigenvalue weighted by atomic mass is 16.7. The van der Waals surface area contributed by atoms with E-state index in [1.165, 1.54) is 7.11 Å². The van der Waals surface area contributed by atoms with Gasteiger partial charge < -0.3 is 23.8 Å². The third-order valence-corrected chi connectivity index (χ3v) is 6.86. The van der Waals surface area contributed by atoms with Crippen molar-refractivity contribution in [2.24, 2.45) is 0 Å². The molecule has 4 rings (SSSR count). The molecule has 1 aliphatic heterocycles. The lowest BCUT2D eigenvalue weighted by atomic mass is 9.99. The molecule has 3 aromatic rings. The molecule has 40 heavy (non-hydrogen) atoms. The smallest absolute Gasteiger partial charge is 0.338 e. The van der Waals surface area contributed by atoms with E-state index >= 15 is 0 Å². The van der Waals surface area contributed by atoms with Crippen LogP contribution in [0.2, 0.25) is 0 Å². The Bertz CT molecular complexity index is 1260. The molecule has 0 spiro atoms. The fourth-order valence-corrected chi connectivity index (χ4v) is 4.89. The second-order valence-corrected chi connectivity index (χ2v) is 9.57. The molecule has 1 heterocycles. The molecule has 3 aromatic carbocycles. The van der Waals surface area contributed by atoms with E-state index in [-0.39, 0.29) is 25.9 Å². The van der Waals surface area contributed by atoms with Crippen LogP contribution < -0.4 is 0 Å². The van der Waals surface area contributed by atoms with Crippen LogP contribution in [0.4, 0.5) is 0 Å². The number of methoxy groups -OCH3 is 1. The zero-order valence-electron chi connectivity index (χ0n) is 22.8. The van der Waals surface area contributed by atoms with Crippen molar-refractivity contribution in [1.82, 2.24) is 9.80 Å². The van der Waals surface area contributed by atoms with Crippen molar-refractivity contribution >= 4 is 17.8 Å². The average Bonchev–Trinajstić information content (AvgIpc) is 3.07. The second-order valence-electron chi connectivity index (χ2n) is 9.57. The molecule has 0 bridgehead atoms. The lowest BCUT2D eigenvalue weighted by Gasteiger charge is -2.33. The van der Waals surface area contributed by atoms with Crippen LogP contribution >= 0.6 is 0 Å².